The molecule has 3 rings (SSSR count). The van der Waals surface area contributed by atoms with Gasteiger partial charge in [-0.1, -0.05) is 31.0 Å². The minimum atomic E-state index is -0.597. The van der Waals surface area contributed by atoms with Gasteiger partial charge >= 0.3 is 5.97 Å². The number of amides is 3. The normalized spacial score (nSPS) is 21.7. The number of ether oxygens (including phenoxy) is 1. The number of carbonyl (C=O) groups is 4. The van der Waals surface area contributed by atoms with E-state index in [1.54, 1.807) is 19.2 Å². The molecule has 1 heterocycles. The van der Waals surface area contributed by atoms with Crippen molar-refractivity contribution in [1.29, 1.82) is 0 Å². The molecule has 3 amide bonds. The maximum absolute atomic E-state index is 12.4. The van der Waals surface area contributed by atoms with Crippen LogP contribution in [0.15, 0.2) is 30.3 Å². The summed E-state index contributed by atoms with van der Waals surface area (Å²) in [6.07, 6.45) is 3.33. The largest absolute Gasteiger partial charge is 0.455 e. The third kappa shape index (κ3) is 4.18. The van der Waals surface area contributed by atoms with Gasteiger partial charge in [-0.15, -0.1) is 0 Å². The summed E-state index contributed by atoms with van der Waals surface area (Å²) in [7, 11) is 1.61. The zero-order chi connectivity index (χ0) is 19.4. The standard InChI is InChI=1S/C20H24N2O5/c1-21(14-7-3-2-4-8-14)17(23)13-27-18(24)11-12-22-19(25)15-9-5-6-10-16(15)20(22)26/h2-4,7-8,15-16H,5-6,9-13H2,1H3/t15-,16+. The zero-order valence-corrected chi connectivity index (χ0v) is 15.4. The monoisotopic (exact) mass is 372 g/mol. The highest BCUT2D eigenvalue weighted by atomic mass is 16.5. The first-order chi connectivity index (χ1) is 13.0. The second-order valence-electron chi connectivity index (χ2n) is 7.02. The van der Waals surface area contributed by atoms with Crippen LogP contribution in [0.25, 0.3) is 0 Å². The van der Waals surface area contributed by atoms with Gasteiger partial charge in [0, 0.05) is 19.3 Å². The molecular formula is C20H24N2O5. The molecule has 1 aliphatic heterocycles. The molecule has 7 nitrogen and oxygen atoms in total. The van der Waals surface area contributed by atoms with E-state index in [4.69, 9.17) is 4.74 Å². The highest BCUT2D eigenvalue weighted by Gasteiger charge is 2.47. The number of fused-ring (bicyclic) bond motifs is 1. The Hall–Kier alpha value is -2.70. The summed E-state index contributed by atoms with van der Waals surface area (Å²) in [4.78, 5) is 51.4. The van der Waals surface area contributed by atoms with Crippen LogP contribution in [0.2, 0.25) is 0 Å². The lowest BCUT2D eigenvalue weighted by molar-refractivity contribution is -0.149. The van der Waals surface area contributed by atoms with E-state index in [-0.39, 0.29) is 49.1 Å². The summed E-state index contributed by atoms with van der Waals surface area (Å²) in [5.74, 6) is -1.73. The Labute approximate surface area is 158 Å². The molecule has 0 unspecified atom stereocenters. The molecule has 0 N–H and O–H groups in total. The summed E-state index contributed by atoms with van der Waals surface area (Å²) in [6, 6.07) is 9.03. The first-order valence-electron chi connectivity index (χ1n) is 9.31. The molecule has 1 aromatic rings. The number of benzene rings is 1. The molecule has 144 valence electrons. The molecule has 2 aliphatic rings. The lowest BCUT2D eigenvalue weighted by Crippen LogP contribution is -2.34. The van der Waals surface area contributed by atoms with Crippen LogP contribution < -0.4 is 4.90 Å². The zero-order valence-electron chi connectivity index (χ0n) is 15.4. The van der Waals surface area contributed by atoms with Crippen molar-refractivity contribution < 1.29 is 23.9 Å². The maximum Gasteiger partial charge on any atom is 0.308 e. The van der Waals surface area contributed by atoms with Crippen molar-refractivity contribution in [3.63, 3.8) is 0 Å². The van der Waals surface area contributed by atoms with Crippen LogP contribution in [0, 0.1) is 11.8 Å². The second kappa shape index (κ2) is 8.33. The lowest BCUT2D eigenvalue weighted by atomic mass is 9.81. The molecule has 7 heteroatoms. The molecule has 1 aliphatic carbocycles. The predicted molar refractivity (Wildman–Crippen MR) is 97.6 cm³/mol. The Kier molecular flexibility index (Phi) is 5.88. The van der Waals surface area contributed by atoms with E-state index >= 15 is 0 Å². The van der Waals surface area contributed by atoms with Crippen LogP contribution in [0.3, 0.4) is 0 Å². The number of hydrogen-bond donors (Lipinski definition) is 0. The molecule has 0 bridgehead atoms. The lowest BCUT2D eigenvalue weighted by Gasteiger charge is -2.19. The van der Waals surface area contributed by atoms with Gasteiger partial charge in [0.05, 0.1) is 18.3 Å². The summed E-state index contributed by atoms with van der Waals surface area (Å²) < 4.78 is 5.02. The smallest absolute Gasteiger partial charge is 0.308 e. The van der Waals surface area contributed by atoms with Crippen LogP contribution in [0.4, 0.5) is 5.69 Å². The van der Waals surface area contributed by atoms with Crippen molar-refractivity contribution in [2.75, 3.05) is 25.1 Å². The number of esters is 1. The molecule has 2 fully saturated rings. The van der Waals surface area contributed by atoms with Gasteiger partial charge in [0.2, 0.25) is 11.8 Å². The Morgan fingerprint density at radius 2 is 1.67 bits per heavy atom. The number of anilines is 1. The molecule has 1 saturated heterocycles. The van der Waals surface area contributed by atoms with Crippen molar-refractivity contribution >= 4 is 29.4 Å². The van der Waals surface area contributed by atoms with Gasteiger partial charge in [0.15, 0.2) is 6.61 Å². The molecular weight excluding hydrogens is 348 g/mol. The van der Waals surface area contributed by atoms with Gasteiger partial charge < -0.3 is 9.64 Å². The summed E-state index contributed by atoms with van der Waals surface area (Å²) in [5.41, 5.74) is 0.703. The topological polar surface area (TPSA) is 84.0 Å². The summed E-state index contributed by atoms with van der Waals surface area (Å²) >= 11 is 0. The molecule has 0 aromatic heterocycles. The van der Waals surface area contributed by atoms with E-state index in [2.05, 4.69) is 0 Å². The molecule has 2 atom stereocenters. The van der Waals surface area contributed by atoms with Gasteiger partial charge in [-0.05, 0) is 25.0 Å². The fourth-order valence-electron chi connectivity index (χ4n) is 3.76. The van der Waals surface area contributed by atoms with Crippen LogP contribution in [-0.4, -0.2) is 48.8 Å². The quantitative estimate of drug-likeness (QED) is 0.561. The SMILES string of the molecule is CN(C(=O)COC(=O)CCN1C(=O)[C@H]2CCCC[C@H]2C1=O)c1ccccc1. The molecule has 0 spiro atoms. The molecule has 1 saturated carbocycles. The van der Waals surface area contributed by atoms with Crippen LogP contribution in [-0.2, 0) is 23.9 Å². The Bertz CT molecular complexity index is 709. The number of likely N-dealkylation sites (N-methyl/N-ethyl adjacent to an activating group) is 1. The summed E-state index contributed by atoms with van der Waals surface area (Å²) in [6.45, 7) is -0.358. The first-order valence-corrected chi connectivity index (χ1v) is 9.31. The van der Waals surface area contributed by atoms with Crippen LogP contribution >= 0.6 is 0 Å². The van der Waals surface area contributed by atoms with Gasteiger partial charge in [0.25, 0.3) is 5.91 Å². The fraction of sp³-hybridized carbons (Fsp3) is 0.500. The van der Waals surface area contributed by atoms with E-state index in [0.717, 1.165) is 25.7 Å². The van der Waals surface area contributed by atoms with Crippen molar-refractivity contribution in [3.8, 4) is 0 Å². The Morgan fingerprint density at radius 3 is 2.26 bits per heavy atom. The van der Waals surface area contributed by atoms with Gasteiger partial charge in [-0.2, -0.15) is 0 Å². The van der Waals surface area contributed by atoms with E-state index in [1.807, 2.05) is 18.2 Å². The number of rotatable bonds is 6. The van der Waals surface area contributed by atoms with Crippen molar-refractivity contribution in [2.24, 2.45) is 11.8 Å². The average molecular weight is 372 g/mol. The molecule has 27 heavy (non-hydrogen) atoms. The van der Waals surface area contributed by atoms with E-state index < -0.39 is 5.97 Å². The van der Waals surface area contributed by atoms with Gasteiger partial charge in [0.1, 0.15) is 0 Å². The minimum Gasteiger partial charge on any atom is -0.455 e. The number of carbonyl (C=O) groups excluding carboxylic acids is 4. The van der Waals surface area contributed by atoms with Gasteiger partial charge in [-0.25, -0.2) is 0 Å². The minimum absolute atomic E-state index is 0.0201. The van der Waals surface area contributed by atoms with E-state index in [1.165, 1.54) is 9.80 Å². The number of likely N-dealkylation sites (tertiary alicyclic amines) is 1. The highest BCUT2D eigenvalue weighted by molar-refractivity contribution is 6.05. The molecule has 0 radical (unpaired) electrons. The Morgan fingerprint density at radius 1 is 1.07 bits per heavy atom. The average Bonchev–Trinajstić information content (AvgIpc) is 2.95. The third-order valence-electron chi connectivity index (χ3n) is 5.35. The maximum atomic E-state index is 12.4. The van der Waals surface area contributed by atoms with Crippen molar-refractivity contribution in [1.82, 2.24) is 4.90 Å². The first kappa shape index (κ1) is 19.1. The molecule has 1 aromatic carbocycles. The fourth-order valence-corrected chi connectivity index (χ4v) is 3.76. The second-order valence-corrected chi connectivity index (χ2v) is 7.02. The van der Waals surface area contributed by atoms with Crippen LogP contribution in [0.5, 0.6) is 0 Å². The third-order valence-corrected chi connectivity index (χ3v) is 5.35. The number of imide groups is 1. The summed E-state index contributed by atoms with van der Waals surface area (Å²) in [5, 5.41) is 0. The van der Waals surface area contributed by atoms with E-state index in [0.29, 0.717) is 5.69 Å². The number of hydrogen-bond acceptors (Lipinski definition) is 5. The van der Waals surface area contributed by atoms with Crippen molar-refractivity contribution in [3.05, 3.63) is 30.3 Å². The van der Waals surface area contributed by atoms with Crippen molar-refractivity contribution in [2.45, 2.75) is 32.1 Å². The van der Waals surface area contributed by atoms with E-state index in [9.17, 15) is 19.2 Å². The number of para-hydroxylation sites is 1. The van der Waals surface area contributed by atoms with Crippen LogP contribution in [0.1, 0.15) is 32.1 Å². The highest BCUT2D eigenvalue weighted by Crippen LogP contribution is 2.37. The predicted octanol–water partition coefficient (Wildman–Crippen LogP) is 1.76. The van der Waals surface area contributed by atoms with Gasteiger partial charge in [-0.3, -0.25) is 24.1 Å². The Balaban J connectivity index is 1.45. The number of nitrogens with zero attached hydrogens (tertiary/aromatic N) is 2.